The summed E-state index contributed by atoms with van der Waals surface area (Å²) in [6.07, 6.45) is -0.252. The molecule has 3 N–H and O–H groups in total. The van der Waals surface area contributed by atoms with Crippen molar-refractivity contribution >= 4 is 17.6 Å². The number of nitrogens with one attached hydrogen (secondary N) is 1. The van der Waals surface area contributed by atoms with Crippen LogP contribution in [-0.4, -0.2) is 26.0 Å². The van der Waals surface area contributed by atoms with Gasteiger partial charge in [-0.1, -0.05) is 11.6 Å². The van der Waals surface area contributed by atoms with E-state index in [1.807, 2.05) is 0 Å². The van der Waals surface area contributed by atoms with Crippen LogP contribution >= 0.6 is 11.6 Å². The molecule has 1 aromatic heterocycles. The zero-order valence-corrected chi connectivity index (χ0v) is 10.5. The van der Waals surface area contributed by atoms with Crippen LogP contribution in [0, 0.1) is 0 Å². The number of carboxylic acid groups (broad SMARTS) is 1. The van der Waals surface area contributed by atoms with Gasteiger partial charge >= 0.3 is 5.97 Å². The van der Waals surface area contributed by atoms with Gasteiger partial charge < -0.3 is 10.2 Å². The number of H-pyrrole nitrogens is 1. The maximum atomic E-state index is 11.7. The van der Waals surface area contributed by atoms with E-state index < -0.39 is 11.5 Å². The van der Waals surface area contributed by atoms with E-state index >= 15 is 0 Å². The molecule has 0 spiro atoms. The molecular weight excluding hydrogens is 272 g/mol. The third-order valence-corrected chi connectivity index (χ3v) is 2.89. The van der Waals surface area contributed by atoms with Gasteiger partial charge in [-0.2, -0.15) is 0 Å². The fourth-order valence-electron chi connectivity index (χ4n) is 1.69. The summed E-state index contributed by atoms with van der Waals surface area (Å²) < 4.78 is 1.19. The molecule has 0 unspecified atom stereocenters. The number of aromatic amines is 1. The number of benzene rings is 1. The van der Waals surface area contributed by atoms with E-state index in [1.165, 1.54) is 4.68 Å². The molecule has 0 bridgehead atoms. The fraction of sp³-hybridized carbons (Fsp3) is 0.167. The van der Waals surface area contributed by atoms with E-state index in [-0.39, 0.29) is 24.3 Å². The molecule has 7 heteroatoms. The van der Waals surface area contributed by atoms with E-state index in [0.29, 0.717) is 10.7 Å². The van der Waals surface area contributed by atoms with E-state index in [4.69, 9.17) is 16.7 Å². The SMILES string of the molecule is O=C(O)CCc1c(O)n(-c2ccc(Cl)cc2)[nH]c1=O. The highest BCUT2D eigenvalue weighted by Crippen LogP contribution is 2.20. The summed E-state index contributed by atoms with van der Waals surface area (Å²) in [5.74, 6) is -1.31. The van der Waals surface area contributed by atoms with E-state index in [9.17, 15) is 14.7 Å². The maximum Gasteiger partial charge on any atom is 0.303 e. The van der Waals surface area contributed by atoms with E-state index in [2.05, 4.69) is 5.10 Å². The van der Waals surface area contributed by atoms with Crippen molar-refractivity contribution < 1.29 is 15.0 Å². The molecule has 6 nitrogen and oxygen atoms in total. The smallest absolute Gasteiger partial charge is 0.303 e. The topological polar surface area (TPSA) is 95.3 Å². The lowest BCUT2D eigenvalue weighted by Crippen LogP contribution is -2.09. The van der Waals surface area contributed by atoms with Crippen LogP contribution in [0.25, 0.3) is 5.69 Å². The molecule has 0 fully saturated rings. The molecule has 0 aliphatic carbocycles. The molecule has 0 amide bonds. The summed E-state index contributed by atoms with van der Waals surface area (Å²) in [6, 6.07) is 6.48. The molecule has 0 atom stereocenters. The Balaban J connectivity index is 2.38. The monoisotopic (exact) mass is 282 g/mol. The van der Waals surface area contributed by atoms with Crippen LogP contribution in [0.1, 0.15) is 12.0 Å². The molecule has 1 heterocycles. The summed E-state index contributed by atoms with van der Waals surface area (Å²) >= 11 is 5.75. The number of aliphatic carboxylic acids is 1. The summed E-state index contributed by atoms with van der Waals surface area (Å²) in [7, 11) is 0. The van der Waals surface area contributed by atoms with E-state index in [0.717, 1.165) is 0 Å². The van der Waals surface area contributed by atoms with Gasteiger partial charge in [0, 0.05) is 11.4 Å². The predicted octanol–water partition coefficient (Wildman–Crippen LogP) is 1.54. The first kappa shape index (κ1) is 13.2. The van der Waals surface area contributed by atoms with Gasteiger partial charge in [0.25, 0.3) is 5.56 Å². The number of carbonyl (C=O) groups is 1. The van der Waals surface area contributed by atoms with Crippen LogP contribution < -0.4 is 5.56 Å². The van der Waals surface area contributed by atoms with Crippen LogP contribution in [0.4, 0.5) is 0 Å². The van der Waals surface area contributed by atoms with Gasteiger partial charge in [-0.15, -0.1) is 0 Å². The molecule has 100 valence electrons. The minimum absolute atomic E-state index is 0.0307. The fourth-order valence-corrected chi connectivity index (χ4v) is 1.82. The van der Waals surface area contributed by atoms with Crippen molar-refractivity contribution in [1.29, 1.82) is 0 Å². The van der Waals surface area contributed by atoms with Gasteiger partial charge in [0.2, 0.25) is 5.88 Å². The largest absolute Gasteiger partial charge is 0.493 e. The average Bonchev–Trinajstić information content (AvgIpc) is 2.63. The van der Waals surface area contributed by atoms with Crippen molar-refractivity contribution in [3.05, 3.63) is 45.2 Å². The Morgan fingerprint density at radius 3 is 2.53 bits per heavy atom. The molecule has 0 aliphatic heterocycles. The number of halogens is 1. The Kier molecular flexibility index (Phi) is 3.62. The summed E-state index contributed by atoms with van der Waals surface area (Å²) in [5.41, 5.74) is 0.0756. The molecule has 2 aromatic rings. The standard InChI is InChI=1S/C12H11ClN2O4/c13-7-1-3-8(4-2-7)15-12(19)9(11(18)14-15)5-6-10(16)17/h1-4,19H,5-6H2,(H,14,18)(H,16,17). The van der Waals surface area contributed by atoms with Gasteiger partial charge in [-0.05, 0) is 30.7 Å². The lowest BCUT2D eigenvalue weighted by Gasteiger charge is -2.04. The van der Waals surface area contributed by atoms with Crippen LogP contribution in [0.2, 0.25) is 5.02 Å². The number of hydrogen-bond donors (Lipinski definition) is 3. The lowest BCUT2D eigenvalue weighted by molar-refractivity contribution is -0.136. The van der Waals surface area contributed by atoms with Crippen molar-refractivity contribution in [2.75, 3.05) is 0 Å². The number of hydrogen-bond acceptors (Lipinski definition) is 3. The zero-order valence-electron chi connectivity index (χ0n) is 9.76. The Morgan fingerprint density at radius 2 is 1.95 bits per heavy atom. The van der Waals surface area contributed by atoms with Gasteiger partial charge in [-0.3, -0.25) is 14.7 Å². The Bertz CT molecular complexity index is 657. The minimum Gasteiger partial charge on any atom is -0.493 e. The van der Waals surface area contributed by atoms with E-state index in [1.54, 1.807) is 24.3 Å². The third kappa shape index (κ3) is 2.79. The zero-order chi connectivity index (χ0) is 14.0. The first-order valence-electron chi connectivity index (χ1n) is 5.49. The molecular formula is C12H11ClN2O4. The minimum atomic E-state index is -1.03. The first-order valence-corrected chi connectivity index (χ1v) is 5.87. The van der Waals surface area contributed by atoms with Gasteiger partial charge in [0.05, 0.1) is 11.3 Å². The van der Waals surface area contributed by atoms with Gasteiger partial charge in [0.1, 0.15) is 0 Å². The second-order valence-electron chi connectivity index (χ2n) is 3.95. The predicted molar refractivity (Wildman–Crippen MR) is 69.0 cm³/mol. The molecule has 0 saturated heterocycles. The highest BCUT2D eigenvalue weighted by Gasteiger charge is 2.15. The molecule has 1 aromatic carbocycles. The highest BCUT2D eigenvalue weighted by atomic mass is 35.5. The summed E-state index contributed by atoms with van der Waals surface area (Å²) in [4.78, 5) is 22.2. The quantitative estimate of drug-likeness (QED) is 0.793. The average molecular weight is 283 g/mol. The number of rotatable bonds is 4. The second-order valence-corrected chi connectivity index (χ2v) is 4.39. The Morgan fingerprint density at radius 1 is 1.32 bits per heavy atom. The number of carboxylic acids is 1. The highest BCUT2D eigenvalue weighted by molar-refractivity contribution is 6.30. The second kappa shape index (κ2) is 5.19. The lowest BCUT2D eigenvalue weighted by atomic mass is 10.2. The number of aromatic hydroxyl groups is 1. The van der Waals surface area contributed by atoms with Crippen LogP contribution in [0.3, 0.4) is 0 Å². The van der Waals surface area contributed by atoms with Crippen molar-refractivity contribution in [3.8, 4) is 11.6 Å². The van der Waals surface area contributed by atoms with Crippen molar-refractivity contribution in [1.82, 2.24) is 9.78 Å². The van der Waals surface area contributed by atoms with Crippen LogP contribution in [-0.2, 0) is 11.2 Å². The molecule has 19 heavy (non-hydrogen) atoms. The van der Waals surface area contributed by atoms with Crippen molar-refractivity contribution in [2.45, 2.75) is 12.8 Å². The Hall–Kier alpha value is -2.21. The maximum absolute atomic E-state index is 11.7. The number of nitrogens with zero attached hydrogens (tertiary/aromatic N) is 1. The van der Waals surface area contributed by atoms with Crippen LogP contribution in [0.5, 0.6) is 5.88 Å². The molecule has 0 radical (unpaired) electrons. The molecule has 2 rings (SSSR count). The van der Waals surface area contributed by atoms with Crippen molar-refractivity contribution in [2.24, 2.45) is 0 Å². The number of aromatic nitrogens is 2. The van der Waals surface area contributed by atoms with Gasteiger partial charge in [-0.25, -0.2) is 4.68 Å². The molecule has 0 aliphatic rings. The third-order valence-electron chi connectivity index (χ3n) is 2.64. The Labute approximate surface area is 112 Å². The normalized spacial score (nSPS) is 10.6. The first-order chi connectivity index (χ1) is 8.99. The summed E-state index contributed by atoms with van der Waals surface area (Å²) in [5, 5.41) is 21.5. The molecule has 0 saturated carbocycles. The summed E-state index contributed by atoms with van der Waals surface area (Å²) in [6.45, 7) is 0. The van der Waals surface area contributed by atoms with Gasteiger partial charge in [0.15, 0.2) is 0 Å². The van der Waals surface area contributed by atoms with Crippen molar-refractivity contribution in [3.63, 3.8) is 0 Å². The van der Waals surface area contributed by atoms with Crippen LogP contribution in [0.15, 0.2) is 29.1 Å².